The van der Waals surface area contributed by atoms with Crippen molar-refractivity contribution in [1.29, 1.82) is 0 Å². The summed E-state index contributed by atoms with van der Waals surface area (Å²) in [7, 11) is 0. The fraction of sp³-hybridized carbons (Fsp3) is 0.375. The number of aromatic nitrogens is 1. The minimum atomic E-state index is -0.523. The van der Waals surface area contributed by atoms with Gasteiger partial charge in [0.2, 0.25) is 0 Å². The first kappa shape index (κ1) is 15.6. The molecule has 1 aliphatic rings. The predicted molar refractivity (Wildman–Crippen MR) is 90.4 cm³/mol. The predicted octanol–water partition coefficient (Wildman–Crippen LogP) is 4.32. The number of carbonyl (C=O) groups is 1. The fourth-order valence-electron chi connectivity index (χ4n) is 2.83. The number of rotatable bonds is 4. The molecule has 0 aliphatic heterocycles. The Kier molecular flexibility index (Phi) is 4.54. The van der Waals surface area contributed by atoms with Crippen molar-refractivity contribution in [3.05, 3.63) is 33.4 Å². The van der Waals surface area contributed by atoms with Crippen molar-refractivity contribution >= 4 is 44.3 Å². The van der Waals surface area contributed by atoms with E-state index in [-0.39, 0.29) is 0 Å². The van der Waals surface area contributed by atoms with E-state index in [1.165, 1.54) is 31.9 Å². The molecular weight excluding hydrogens is 368 g/mol. The molecule has 1 amide bonds. The van der Waals surface area contributed by atoms with Gasteiger partial charge in [-0.15, -0.1) is 0 Å². The number of ether oxygens (including phenoxy) is 1. The Morgan fingerprint density at radius 3 is 2.82 bits per heavy atom. The van der Waals surface area contributed by atoms with Crippen molar-refractivity contribution in [2.45, 2.75) is 25.7 Å². The zero-order chi connectivity index (χ0) is 15.7. The van der Waals surface area contributed by atoms with E-state index in [2.05, 4.69) is 20.9 Å². The van der Waals surface area contributed by atoms with Crippen LogP contribution in [0, 0.1) is 5.92 Å². The number of fused-ring (bicyclic) bond motifs is 1. The van der Waals surface area contributed by atoms with E-state index in [9.17, 15) is 4.79 Å². The van der Waals surface area contributed by atoms with E-state index in [0.29, 0.717) is 38.8 Å². The van der Waals surface area contributed by atoms with Gasteiger partial charge in [-0.1, -0.05) is 24.4 Å². The lowest BCUT2D eigenvalue weighted by atomic mass is 10.1. The van der Waals surface area contributed by atoms with Gasteiger partial charge in [-0.2, -0.15) is 0 Å². The molecule has 1 aliphatic carbocycles. The molecule has 1 heterocycles. The summed E-state index contributed by atoms with van der Waals surface area (Å²) in [6.07, 6.45) is 6.42. The average molecular weight is 384 g/mol. The van der Waals surface area contributed by atoms with Gasteiger partial charge in [0.15, 0.2) is 0 Å². The Bertz CT molecular complexity index is 730. The van der Waals surface area contributed by atoms with E-state index in [0.717, 1.165) is 5.39 Å². The molecule has 1 saturated carbocycles. The van der Waals surface area contributed by atoms with Gasteiger partial charge in [0.1, 0.15) is 5.75 Å². The first-order chi connectivity index (χ1) is 10.6. The van der Waals surface area contributed by atoms with Gasteiger partial charge >= 0.3 is 0 Å². The van der Waals surface area contributed by atoms with Gasteiger partial charge < -0.3 is 10.5 Å². The summed E-state index contributed by atoms with van der Waals surface area (Å²) in [5.74, 6) is 0.695. The van der Waals surface area contributed by atoms with Gasteiger partial charge in [0.25, 0.3) is 5.91 Å². The number of primary amides is 1. The molecular formula is C16H16BrClN2O2. The molecule has 1 aromatic heterocycles. The van der Waals surface area contributed by atoms with Crippen molar-refractivity contribution < 1.29 is 9.53 Å². The summed E-state index contributed by atoms with van der Waals surface area (Å²) >= 11 is 9.69. The molecule has 4 nitrogen and oxygen atoms in total. The Morgan fingerprint density at radius 1 is 1.41 bits per heavy atom. The Morgan fingerprint density at radius 2 is 2.14 bits per heavy atom. The number of nitrogens with two attached hydrogens (primary N) is 1. The molecule has 1 aromatic carbocycles. The van der Waals surface area contributed by atoms with Gasteiger partial charge in [-0.3, -0.25) is 9.78 Å². The number of nitrogens with zero attached hydrogens (tertiary/aromatic N) is 1. The summed E-state index contributed by atoms with van der Waals surface area (Å²) in [5.41, 5.74) is 6.38. The van der Waals surface area contributed by atoms with Crippen molar-refractivity contribution in [2.24, 2.45) is 11.7 Å². The molecule has 22 heavy (non-hydrogen) atoms. The van der Waals surface area contributed by atoms with Crippen molar-refractivity contribution in [1.82, 2.24) is 4.98 Å². The maximum atomic E-state index is 11.4. The summed E-state index contributed by atoms with van der Waals surface area (Å²) in [5, 5.41) is 1.29. The van der Waals surface area contributed by atoms with Gasteiger partial charge in [0.05, 0.1) is 22.7 Å². The smallest absolute Gasteiger partial charge is 0.251 e. The van der Waals surface area contributed by atoms with Crippen LogP contribution in [0.3, 0.4) is 0 Å². The third-order valence-corrected chi connectivity index (χ3v) is 5.22. The van der Waals surface area contributed by atoms with E-state index in [1.54, 1.807) is 6.07 Å². The molecule has 0 spiro atoms. The topological polar surface area (TPSA) is 65.2 Å². The van der Waals surface area contributed by atoms with Crippen molar-refractivity contribution in [2.75, 3.05) is 6.61 Å². The summed E-state index contributed by atoms with van der Waals surface area (Å²) in [6.45, 7) is 0.672. The normalized spacial score (nSPS) is 15.4. The molecule has 1 fully saturated rings. The van der Waals surface area contributed by atoms with Crippen LogP contribution >= 0.6 is 27.5 Å². The van der Waals surface area contributed by atoms with E-state index >= 15 is 0 Å². The Balaban J connectivity index is 1.94. The number of amides is 1. The van der Waals surface area contributed by atoms with Crippen LogP contribution in [-0.2, 0) is 0 Å². The molecule has 2 aromatic rings. The zero-order valence-electron chi connectivity index (χ0n) is 11.9. The largest absolute Gasteiger partial charge is 0.492 e. The standard InChI is InChI=1S/C16H16BrClN2O2/c17-15-10-5-14(22-8-9-3-1-2-4-9)12(18)6-13(10)20-7-11(15)16(19)21/h5-7,9H,1-4,8H2,(H2,19,21). The lowest BCUT2D eigenvalue weighted by molar-refractivity contribution is 0.0999. The van der Waals surface area contributed by atoms with Crippen molar-refractivity contribution in [3.63, 3.8) is 0 Å². The minimum absolute atomic E-state index is 0.344. The van der Waals surface area contributed by atoms with E-state index in [4.69, 9.17) is 22.1 Å². The second kappa shape index (κ2) is 6.42. The number of hydrogen-bond acceptors (Lipinski definition) is 3. The second-order valence-corrected chi connectivity index (χ2v) is 6.81. The molecule has 0 radical (unpaired) electrons. The molecule has 0 bridgehead atoms. The van der Waals surface area contributed by atoms with Crippen LogP contribution in [0.1, 0.15) is 36.0 Å². The molecule has 2 N–H and O–H groups in total. The van der Waals surface area contributed by atoms with Crippen LogP contribution in [0.15, 0.2) is 22.8 Å². The Labute approximate surface area is 142 Å². The van der Waals surface area contributed by atoms with Crippen LogP contribution in [0.25, 0.3) is 10.9 Å². The van der Waals surface area contributed by atoms with Gasteiger partial charge in [-0.25, -0.2) is 0 Å². The summed E-state index contributed by atoms with van der Waals surface area (Å²) in [4.78, 5) is 15.6. The lowest BCUT2D eigenvalue weighted by Crippen LogP contribution is -2.12. The third-order valence-electron chi connectivity index (χ3n) is 4.07. The summed E-state index contributed by atoms with van der Waals surface area (Å²) < 4.78 is 6.51. The van der Waals surface area contributed by atoms with Crippen LogP contribution in [-0.4, -0.2) is 17.5 Å². The second-order valence-electron chi connectivity index (χ2n) is 5.61. The number of pyridine rings is 1. The minimum Gasteiger partial charge on any atom is -0.492 e. The number of benzene rings is 1. The first-order valence-electron chi connectivity index (χ1n) is 7.26. The highest BCUT2D eigenvalue weighted by molar-refractivity contribution is 9.10. The molecule has 0 unspecified atom stereocenters. The average Bonchev–Trinajstić information content (AvgIpc) is 2.98. The molecule has 116 valence electrons. The zero-order valence-corrected chi connectivity index (χ0v) is 14.3. The van der Waals surface area contributed by atoms with Gasteiger partial charge in [0, 0.05) is 16.1 Å². The number of hydrogen-bond donors (Lipinski definition) is 1. The van der Waals surface area contributed by atoms with Crippen LogP contribution in [0.4, 0.5) is 0 Å². The molecule has 6 heteroatoms. The van der Waals surface area contributed by atoms with E-state index < -0.39 is 5.91 Å². The molecule has 3 rings (SSSR count). The third kappa shape index (κ3) is 3.06. The monoisotopic (exact) mass is 382 g/mol. The van der Waals surface area contributed by atoms with E-state index in [1.807, 2.05) is 6.07 Å². The number of halogens is 2. The summed E-state index contributed by atoms with van der Waals surface area (Å²) in [6, 6.07) is 3.56. The molecule has 0 saturated heterocycles. The first-order valence-corrected chi connectivity index (χ1v) is 8.43. The van der Waals surface area contributed by atoms with Crippen LogP contribution in [0.2, 0.25) is 5.02 Å². The van der Waals surface area contributed by atoms with Crippen molar-refractivity contribution in [3.8, 4) is 5.75 Å². The maximum Gasteiger partial charge on any atom is 0.251 e. The quantitative estimate of drug-likeness (QED) is 0.855. The van der Waals surface area contributed by atoms with Crippen LogP contribution in [0.5, 0.6) is 5.75 Å². The maximum absolute atomic E-state index is 11.4. The lowest BCUT2D eigenvalue weighted by Gasteiger charge is -2.14. The number of carbonyl (C=O) groups excluding carboxylic acids is 1. The van der Waals surface area contributed by atoms with Crippen LogP contribution < -0.4 is 10.5 Å². The van der Waals surface area contributed by atoms with Gasteiger partial charge in [-0.05, 0) is 46.8 Å². The highest BCUT2D eigenvalue weighted by Gasteiger charge is 2.17. The SMILES string of the molecule is NC(=O)c1cnc2cc(Cl)c(OCC3CCCC3)cc2c1Br. The fourth-order valence-corrected chi connectivity index (χ4v) is 3.66. The molecule has 0 atom stereocenters. The highest BCUT2D eigenvalue weighted by Crippen LogP contribution is 2.35. The highest BCUT2D eigenvalue weighted by atomic mass is 79.9. The Hall–Kier alpha value is -1.33.